The Morgan fingerprint density at radius 2 is 1.68 bits per heavy atom. The van der Waals surface area contributed by atoms with Gasteiger partial charge in [-0.2, -0.15) is 13.5 Å². The Morgan fingerprint density at radius 3 is 2.41 bits per heavy atom. The Kier molecular flexibility index (Phi) is 8.38. The predicted octanol–water partition coefficient (Wildman–Crippen LogP) is 5.31. The summed E-state index contributed by atoms with van der Waals surface area (Å²) in [5.41, 5.74) is 5.99. The molecule has 0 atom stereocenters. The molecule has 0 aromatic heterocycles. The van der Waals surface area contributed by atoms with E-state index in [1.54, 1.807) is 73.7 Å². The maximum atomic E-state index is 13.6. The highest BCUT2D eigenvalue weighted by Gasteiger charge is 2.30. The van der Waals surface area contributed by atoms with Gasteiger partial charge in [0.15, 0.2) is 0 Å². The number of rotatable bonds is 8. The molecular weight excluding hydrogens is 584 g/mol. The molecule has 0 spiro atoms. The van der Waals surface area contributed by atoms with Crippen molar-refractivity contribution in [3.8, 4) is 5.75 Å². The number of ether oxygens (including phenoxy) is 1. The third kappa shape index (κ3) is 6.56. The van der Waals surface area contributed by atoms with E-state index >= 15 is 0 Å². The van der Waals surface area contributed by atoms with Crippen LogP contribution in [0.2, 0.25) is 0 Å². The fraction of sp³-hybridized carbons (Fsp3) is 0.0625. The number of aryl methyl sites for hydroxylation is 1. The van der Waals surface area contributed by atoms with Crippen LogP contribution in [0, 0.1) is 6.92 Å². The molecule has 0 aliphatic heterocycles. The van der Waals surface area contributed by atoms with Crippen molar-refractivity contribution in [3.63, 3.8) is 0 Å². The normalized spacial score (nSPS) is 14.1. The lowest BCUT2D eigenvalue weighted by molar-refractivity contribution is -0.116. The van der Waals surface area contributed by atoms with Gasteiger partial charge in [-0.3, -0.25) is 19.6 Å². The molecule has 4 aromatic rings. The van der Waals surface area contributed by atoms with Crippen LogP contribution in [0.5, 0.6) is 5.75 Å². The lowest BCUT2D eigenvalue weighted by atomic mass is 9.89. The third-order valence-electron chi connectivity index (χ3n) is 6.70. The van der Waals surface area contributed by atoms with Crippen LogP contribution in [0.15, 0.2) is 112 Å². The standard InChI is InChI=1S/C32H26N4O7S/c1-19-10-11-21(31(38)34-23-7-5-8-25(18-23)44(40,41)42)17-28(19)35-36-29-26-9-4-3-6-20(26)16-27(30(29)37)32(39)33-22-12-14-24(43-2)15-13-22/h3-18,35H,1-2H3,(H,33,39)(H,34,38)(H,40,41,42)/b36-29+. The lowest BCUT2D eigenvalue weighted by Gasteiger charge is -2.18. The predicted molar refractivity (Wildman–Crippen MR) is 167 cm³/mol. The maximum absolute atomic E-state index is 13.6. The number of hydrogen-bond acceptors (Lipinski definition) is 8. The average Bonchev–Trinajstić information content (AvgIpc) is 3.01. The minimum atomic E-state index is -4.45. The van der Waals surface area contributed by atoms with Gasteiger partial charge < -0.3 is 15.2 Å². The summed E-state index contributed by atoms with van der Waals surface area (Å²) in [7, 11) is -2.91. The van der Waals surface area contributed by atoms with Gasteiger partial charge in [0.1, 0.15) is 11.5 Å². The van der Waals surface area contributed by atoms with Gasteiger partial charge in [0.2, 0.25) is 11.7 Å². The van der Waals surface area contributed by atoms with Gasteiger partial charge in [0, 0.05) is 16.8 Å². The van der Waals surface area contributed by atoms with E-state index in [9.17, 15) is 27.7 Å². The molecule has 12 heteroatoms. The summed E-state index contributed by atoms with van der Waals surface area (Å²) in [4.78, 5) is 30.4. The van der Waals surface area contributed by atoms with E-state index in [1.807, 2.05) is 0 Å². The quantitative estimate of drug-likeness (QED) is 0.0685. The second-order valence-electron chi connectivity index (χ2n) is 9.67. The molecule has 5 rings (SSSR count). The largest absolute Gasteiger partial charge is 0.497 e. The summed E-state index contributed by atoms with van der Waals surface area (Å²) < 4.78 is 37.4. The van der Waals surface area contributed by atoms with Crippen LogP contribution in [0.1, 0.15) is 22.3 Å². The fourth-order valence-corrected chi connectivity index (χ4v) is 4.88. The Balaban J connectivity index is 1.42. The highest BCUT2D eigenvalue weighted by molar-refractivity contribution is 7.85. The smallest absolute Gasteiger partial charge is 0.294 e. The van der Waals surface area contributed by atoms with E-state index in [0.29, 0.717) is 28.3 Å². The summed E-state index contributed by atoms with van der Waals surface area (Å²) in [6.45, 7) is 1.79. The summed E-state index contributed by atoms with van der Waals surface area (Å²) in [5, 5.41) is 17.8. The van der Waals surface area contributed by atoms with E-state index in [4.69, 9.17) is 4.74 Å². The van der Waals surface area contributed by atoms with E-state index in [-0.39, 0.29) is 27.4 Å². The first kappa shape index (κ1) is 29.9. The number of aliphatic hydroxyl groups is 1. The third-order valence-corrected chi connectivity index (χ3v) is 7.55. The Bertz CT molecular complexity index is 1980. The Labute approximate surface area is 253 Å². The maximum Gasteiger partial charge on any atom is 0.294 e. The number of anilines is 2. The highest BCUT2D eigenvalue weighted by Crippen LogP contribution is 2.26. The zero-order valence-corrected chi connectivity index (χ0v) is 24.3. The van der Waals surface area contributed by atoms with Crippen molar-refractivity contribution in [3.05, 3.63) is 119 Å². The molecule has 4 N–H and O–H groups in total. The molecule has 1 amide bonds. The monoisotopic (exact) mass is 610 g/mol. The van der Waals surface area contributed by atoms with Gasteiger partial charge >= 0.3 is 0 Å². The van der Waals surface area contributed by atoms with E-state index < -0.39 is 27.7 Å². The number of ketones is 1. The molecule has 1 aliphatic rings. The summed E-state index contributed by atoms with van der Waals surface area (Å²) >= 11 is 0. The molecule has 1 aliphatic carbocycles. The molecule has 0 unspecified atom stereocenters. The molecular formula is C32H26N4O7S. The number of benzene rings is 4. The molecule has 44 heavy (non-hydrogen) atoms. The van der Waals surface area contributed by atoms with Gasteiger partial charge in [-0.15, -0.1) is 0 Å². The van der Waals surface area contributed by atoms with E-state index in [2.05, 4.69) is 20.8 Å². The number of hydrogen-bond donors (Lipinski definition) is 4. The van der Waals surface area contributed by atoms with Crippen molar-refractivity contribution in [1.82, 2.24) is 0 Å². The number of Topliss-reactive ketones (excluding diaryl/α,β-unsaturated/α-hetero) is 1. The van der Waals surface area contributed by atoms with Crippen LogP contribution >= 0.6 is 0 Å². The number of methoxy groups -OCH3 is 1. The van der Waals surface area contributed by atoms with Crippen molar-refractivity contribution < 1.29 is 32.4 Å². The van der Waals surface area contributed by atoms with Crippen LogP contribution in [0.4, 0.5) is 17.1 Å². The number of hydrazone groups is 1. The van der Waals surface area contributed by atoms with Crippen molar-refractivity contribution in [2.45, 2.75) is 11.8 Å². The van der Waals surface area contributed by atoms with Gasteiger partial charge in [0.25, 0.3) is 16.0 Å². The first-order chi connectivity index (χ1) is 21.0. The van der Waals surface area contributed by atoms with E-state index in [0.717, 1.165) is 11.6 Å². The molecule has 0 bridgehead atoms. The van der Waals surface area contributed by atoms with Crippen molar-refractivity contribution >= 4 is 56.6 Å². The summed E-state index contributed by atoms with van der Waals surface area (Å²) in [6, 6.07) is 23.8. The number of fused-ring (bicyclic) bond motifs is 1. The summed E-state index contributed by atoms with van der Waals surface area (Å²) in [5.74, 6) is -0.984. The average molecular weight is 611 g/mol. The minimum Gasteiger partial charge on any atom is -0.497 e. The topological polar surface area (TPSA) is 167 Å². The number of carbonyl (C=O) groups is 2. The number of amides is 1. The molecule has 0 fully saturated rings. The van der Waals surface area contributed by atoms with Crippen LogP contribution in [0.3, 0.4) is 0 Å². The van der Waals surface area contributed by atoms with Crippen LogP contribution in [0.25, 0.3) is 6.08 Å². The fourth-order valence-electron chi connectivity index (χ4n) is 4.36. The van der Waals surface area contributed by atoms with Crippen LogP contribution in [-0.4, -0.2) is 48.5 Å². The van der Waals surface area contributed by atoms with Crippen molar-refractivity contribution in [1.29, 1.82) is 0 Å². The van der Waals surface area contributed by atoms with Gasteiger partial charge in [-0.25, -0.2) is 4.99 Å². The zero-order valence-electron chi connectivity index (χ0n) is 23.5. The van der Waals surface area contributed by atoms with Crippen molar-refractivity contribution in [2.24, 2.45) is 10.1 Å². The first-order valence-corrected chi connectivity index (χ1v) is 14.6. The number of nitrogens with one attached hydrogen (secondary N) is 2. The molecule has 0 saturated heterocycles. The minimum absolute atomic E-state index is 0.0210. The molecule has 222 valence electrons. The number of carbonyl (C=O) groups excluding carboxylic acids is 2. The molecule has 0 saturated carbocycles. The van der Waals surface area contributed by atoms with E-state index in [1.165, 1.54) is 31.4 Å². The molecule has 11 nitrogen and oxygen atoms in total. The Hall–Kier alpha value is -5.59. The number of aliphatic hydroxyl groups excluding tert-OH is 1. The van der Waals surface area contributed by atoms with Gasteiger partial charge in [0.05, 0.1) is 29.0 Å². The van der Waals surface area contributed by atoms with Crippen LogP contribution < -0.4 is 15.5 Å². The molecule has 0 radical (unpaired) electrons. The second-order valence-corrected chi connectivity index (χ2v) is 11.1. The van der Waals surface area contributed by atoms with Crippen molar-refractivity contribution in [2.75, 3.05) is 17.9 Å². The summed E-state index contributed by atoms with van der Waals surface area (Å²) in [6.07, 6.45) is 1.52. The Morgan fingerprint density at radius 1 is 0.932 bits per heavy atom. The lowest BCUT2D eigenvalue weighted by Crippen LogP contribution is -2.30. The zero-order chi connectivity index (χ0) is 31.4. The molecule has 4 aromatic carbocycles. The van der Waals surface area contributed by atoms with Gasteiger partial charge in [-0.05, 0) is 78.7 Å². The molecule has 0 heterocycles. The highest BCUT2D eigenvalue weighted by atomic mass is 32.2. The SMILES string of the molecule is COc1ccc(NC(=O)C2=Cc3ccccc3/C(=N\Nc3cc(C(O)=Nc4cccc(S(=O)(=O)O)c4)ccc3C)C2=O)cc1. The van der Waals surface area contributed by atoms with Crippen LogP contribution in [-0.2, 0) is 19.7 Å². The van der Waals surface area contributed by atoms with Gasteiger partial charge in [-0.1, -0.05) is 36.4 Å². The number of aliphatic imine (C=N–C) groups is 1. The number of nitrogens with zero attached hydrogens (tertiary/aromatic N) is 2. The first-order valence-electron chi connectivity index (χ1n) is 13.1. The second kappa shape index (κ2) is 12.3.